The molecular weight excluding hydrogens is 220 g/mol. The van der Waals surface area contributed by atoms with E-state index in [4.69, 9.17) is 0 Å². The smallest absolute Gasteiger partial charge is 0.0399 e. The van der Waals surface area contributed by atoms with Gasteiger partial charge in [-0.3, -0.25) is 0 Å². The van der Waals surface area contributed by atoms with Crippen molar-refractivity contribution in [2.24, 2.45) is 0 Å². The van der Waals surface area contributed by atoms with Crippen LogP contribution in [0.1, 0.15) is 37.8 Å². The van der Waals surface area contributed by atoms with Crippen LogP contribution in [0.4, 0.5) is 5.69 Å². The molecule has 100 valence electrons. The minimum absolute atomic E-state index is 0.577. The second-order valence-corrected chi connectivity index (χ2v) is 5.90. The zero-order valence-electron chi connectivity index (χ0n) is 12.2. The van der Waals surface area contributed by atoms with Gasteiger partial charge in [0.25, 0.3) is 0 Å². The molecule has 0 bridgehead atoms. The maximum absolute atomic E-state index is 3.67. The molecule has 0 saturated carbocycles. The lowest BCUT2D eigenvalue weighted by Crippen LogP contribution is -2.48. The number of aryl methyl sites for hydroxylation is 2. The molecule has 1 fully saturated rings. The van der Waals surface area contributed by atoms with Crippen molar-refractivity contribution in [3.63, 3.8) is 0 Å². The fraction of sp³-hybridized carbons (Fsp3) is 0.625. The molecule has 2 heteroatoms. The van der Waals surface area contributed by atoms with Gasteiger partial charge in [0, 0.05) is 30.9 Å². The van der Waals surface area contributed by atoms with E-state index in [0.717, 1.165) is 6.54 Å². The van der Waals surface area contributed by atoms with E-state index in [0.29, 0.717) is 12.1 Å². The van der Waals surface area contributed by atoms with Gasteiger partial charge in [-0.2, -0.15) is 0 Å². The molecule has 2 nitrogen and oxygen atoms in total. The van der Waals surface area contributed by atoms with Crippen molar-refractivity contribution < 1.29 is 0 Å². The minimum atomic E-state index is 0.577. The summed E-state index contributed by atoms with van der Waals surface area (Å²) >= 11 is 0. The highest BCUT2D eigenvalue weighted by Crippen LogP contribution is 2.25. The van der Waals surface area contributed by atoms with Crippen LogP contribution in [0.15, 0.2) is 18.2 Å². The van der Waals surface area contributed by atoms with Crippen LogP contribution in [0.3, 0.4) is 0 Å². The zero-order valence-corrected chi connectivity index (χ0v) is 12.2. The van der Waals surface area contributed by atoms with E-state index in [1.54, 1.807) is 0 Å². The number of nitrogens with zero attached hydrogens (tertiary/aromatic N) is 1. The largest absolute Gasteiger partial charge is 0.370 e. The predicted octanol–water partition coefficient (Wildman–Crippen LogP) is 3.27. The molecule has 0 aliphatic carbocycles. The Labute approximate surface area is 111 Å². The Bertz CT molecular complexity index is 398. The maximum atomic E-state index is 3.67. The molecule has 0 radical (unpaired) electrons. The number of hydrogen-bond acceptors (Lipinski definition) is 2. The van der Waals surface area contributed by atoms with Crippen molar-refractivity contribution in [2.45, 2.75) is 52.6 Å². The van der Waals surface area contributed by atoms with Gasteiger partial charge in [-0.15, -0.1) is 0 Å². The summed E-state index contributed by atoms with van der Waals surface area (Å²) in [6.07, 6.45) is 2.59. The molecule has 1 unspecified atom stereocenters. The van der Waals surface area contributed by atoms with Crippen LogP contribution in [0.2, 0.25) is 0 Å². The van der Waals surface area contributed by atoms with Crippen LogP contribution in [0, 0.1) is 13.8 Å². The molecular formula is C16H26N2. The van der Waals surface area contributed by atoms with Gasteiger partial charge in [0.05, 0.1) is 0 Å². The van der Waals surface area contributed by atoms with Gasteiger partial charge < -0.3 is 10.2 Å². The first-order valence-electron chi connectivity index (χ1n) is 7.14. The second kappa shape index (κ2) is 5.75. The van der Waals surface area contributed by atoms with E-state index < -0.39 is 0 Å². The Morgan fingerprint density at radius 3 is 2.78 bits per heavy atom. The number of piperidine rings is 1. The Balaban J connectivity index is 2.10. The highest BCUT2D eigenvalue weighted by Gasteiger charge is 2.21. The van der Waals surface area contributed by atoms with Crippen LogP contribution in [0.5, 0.6) is 0 Å². The molecule has 0 spiro atoms. The first-order chi connectivity index (χ1) is 8.56. The molecule has 1 aliphatic heterocycles. The van der Waals surface area contributed by atoms with Gasteiger partial charge in [-0.05, 0) is 43.9 Å². The van der Waals surface area contributed by atoms with Crippen LogP contribution in [0.25, 0.3) is 0 Å². The summed E-state index contributed by atoms with van der Waals surface area (Å²) in [5, 5.41) is 3.67. The van der Waals surface area contributed by atoms with Gasteiger partial charge in [-0.25, -0.2) is 0 Å². The molecule has 1 atom stereocenters. The van der Waals surface area contributed by atoms with Crippen molar-refractivity contribution in [3.05, 3.63) is 29.3 Å². The third kappa shape index (κ3) is 3.26. The molecule has 1 N–H and O–H groups in total. The summed E-state index contributed by atoms with van der Waals surface area (Å²) in [4.78, 5) is 2.55. The van der Waals surface area contributed by atoms with Gasteiger partial charge >= 0.3 is 0 Å². The van der Waals surface area contributed by atoms with E-state index in [2.05, 4.69) is 56.1 Å². The monoisotopic (exact) mass is 246 g/mol. The molecule has 1 saturated heterocycles. The Hall–Kier alpha value is -1.02. The number of anilines is 1. The molecule has 18 heavy (non-hydrogen) atoms. The minimum Gasteiger partial charge on any atom is -0.370 e. The SMILES string of the molecule is Cc1ccc(C)c(N2CCCC(NC(C)C)C2)c1. The molecule has 1 aromatic carbocycles. The van der Waals surface area contributed by atoms with Crippen molar-refractivity contribution in [2.75, 3.05) is 18.0 Å². The lowest BCUT2D eigenvalue weighted by molar-refractivity contribution is 0.394. The van der Waals surface area contributed by atoms with Gasteiger partial charge in [-0.1, -0.05) is 26.0 Å². The van der Waals surface area contributed by atoms with E-state index in [9.17, 15) is 0 Å². The van der Waals surface area contributed by atoms with E-state index in [1.165, 1.54) is 36.2 Å². The highest BCUT2D eigenvalue weighted by atomic mass is 15.2. The van der Waals surface area contributed by atoms with Crippen LogP contribution < -0.4 is 10.2 Å². The molecule has 1 aromatic rings. The Morgan fingerprint density at radius 2 is 2.06 bits per heavy atom. The lowest BCUT2D eigenvalue weighted by atomic mass is 10.0. The summed E-state index contributed by atoms with van der Waals surface area (Å²) in [6, 6.07) is 7.98. The quantitative estimate of drug-likeness (QED) is 0.880. The second-order valence-electron chi connectivity index (χ2n) is 5.90. The first-order valence-corrected chi connectivity index (χ1v) is 7.14. The van der Waals surface area contributed by atoms with Crippen molar-refractivity contribution >= 4 is 5.69 Å². The number of benzene rings is 1. The molecule has 0 aromatic heterocycles. The third-order valence-electron chi connectivity index (χ3n) is 3.70. The van der Waals surface area contributed by atoms with Crippen LogP contribution in [-0.2, 0) is 0 Å². The summed E-state index contributed by atoms with van der Waals surface area (Å²) in [6.45, 7) is 11.2. The average molecular weight is 246 g/mol. The molecule has 0 amide bonds. The normalized spacial score (nSPS) is 20.5. The standard InChI is InChI=1S/C16H26N2/c1-12(2)17-15-6-5-9-18(11-15)16-10-13(3)7-8-14(16)4/h7-8,10,12,15,17H,5-6,9,11H2,1-4H3. The predicted molar refractivity (Wildman–Crippen MR) is 79.4 cm³/mol. The highest BCUT2D eigenvalue weighted by molar-refractivity contribution is 5.55. The first kappa shape index (κ1) is 13.4. The van der Waals surface area contributed by atoms with E-state index in [-0.39, 0.29) is 0 Å². The zero-order chi connectivity index (χ0) is 13.1. The molecule has 1 heterocycles. The molecule has 1 aliphatic rings. The van der Waals surface area contributed by atoms with Crippen LogP contribution in [-0.4, -0.2) is 25.2 Å². The fourth-order valence-electron chi connectivity index (χ4n) is 2.86. The van der Waals surface area contributed by atoms with Crippen molar-refractivity contribution in [3.8, 4) is 0 Å². The van der Waals surface area contributed by atoms with Crippen LogP contribution >= 0.6 is 0 Å². The van der Waals surface area contributed by atoms with E-state index >= 15 is 0 Å². The third-order valence-corrected chi connectivity index (χ3v) is 3.70. The summed E-state index contributed by atoms with van der Waals surface area (Å²) < 4.78 is 0. The average Bonchev–Trinajstić information content (AvgIpc) is 2.32. The number of nitrogens with one attached hydrogen (secondary N) is 1. The van der Waals surface area contributed by atoms with Gasteiger partial charge in [0.2, 0.25) is 0 Å². The number of hydrogen-bond donors (Lipinski definition) is 1. The summed E-state index contributed by atoms with van der Waals surface area (Å²) in [7, 11) is 0. The topological polar surface area (TPSA) is 15.3 Å². The van der Waals surface area contributed by atoms with Gasteiger partial charge in [0.1, 0.15) is 0 Å². The maximum Gasteiger partial charge on any atom is 0.0399 e. The Kier molecular flexibility index (Phi) is 4.28. The van der Waals surface area contributed by atoms with E-state index in [1.807, 2.05) is 0 Å². The van der Waals surface area contributed by atoms with Crippen molar-refractivity contribution in [1.82, 2.24) is 5.32 Å². The Morgan fingerprint density at radius 1 is 1.28 bits per heavy atom. The molecule has 2 rings (SSSR count). The number of rotatable bonds is 3. The van der Waals surface area contributed by atoms with Gasteiger partial charge in [0.15, 0.2) is 0 Å². The summed E-state index contributed by atoms with van der Waals surface area (Å²) in [5.74, 6) is 0. The lowest BCUT2D eigenvalue weighted by Gasteiger charge is -2.36. The van der Waals surface area contributed by atoms with Crippen molar-refractivity contribution in [1.29, 1.82) is 0 Å². The summed E-state index contributed by atoms with van der Waals surface area (Å²) in [5.41, 5.74) is 4.17. The fourth-order valence-corrected chi connectivity index (χ4v) is 2.86.